The molecular weight excluding hydrogens is 1050 g/mol. The number of aromatic hydroxyl groups is 2. The lowest BCUT2D eigenvalue weighted by molar-refractivity contribution is 0.0724. The molecule has 0 saturated carbocycles. The number of nitrogens with zero attached hydrogens (tertiary/aromatic N) is 4. The smallest absolute Gasteiger partial charge is 0.343 e. The first-order valence-corrected chi connectivity index (χ1v) is 24.8. The number of amides is 2. The lowest BCUT2D eigenvalue weighted by Gasteiger charge is -2.13. The van der Waals surface area contributed by atoms with Gasteiger partial charge in [-0.05, 0) is 120 Å². The maximum absolute atomic E-state index is 13.9. The van der Waals surface area contributed by atoms with Gasteiger partial charge in [0.1, 0.15) is 22.9 Å². The Balaban J connectivity index is 0.915. The molecule has 0 aliphatic rings. The summed E-state index contributed by atoms with van der Waals surface area (Å²) in [4.78, 5) is 54.4. The van der Waals surface area contributed by atoms with E-state index in [1.165, 1.54) is 60.7 Å². The van der Waals surface area contributed by atoms with E-state index in [2.05, 4.69) is 31.1 Å². The van der Waals surface area contributed by atoms with E-state index >= 15 is 0 Å². The van der Waals surface area contributed by atoms with Gasteiger partial charge in [0.05, 0.1) is 53.7 Å². The molecule has 9 aromatic carbocycles. The van der Waals surface area contributed by atoms with Gasteiger partial charge in [-0.25, -0.2) is 9.59 Å². The van der Waals surface area contributed by atoms with Crippen molar-refractivity contribution in [3.63, 3.8) is 0 Å². The molecule has 76 heavy (non-hydrogen) atoms. The second-order valence-electron chi connectivity index (χ2n) is 16.9. The number of phenols is 2. The fourth-order valence-electron chi connectivity index (χ4n) is 8.09. The van der Waals surface area contributed by atoms with Crippen molar-refractivity contribution in [1.82, 2.24) is 0 Å². The van der Waals surface area contributed by atoms with Crippen molar-refractivity contribution in [2.45, 2.75) is 26.7 Å². The second-order valence-corrected chi connectivity index (χ2v) is 18.5. The molecule has 14 nitrogen and oxygen atoms in total. The summed E-state index contributed by atoms with van der Waals surface area (Å²) >= 11 is 24.3. The Kier molecular flexibility index (Phi) is 15.7. The summed E-state index contributed by atoms with van der Waals surface area (Å²) in [6, 6.07) is 42.1. The van der Waals surface area contributed by atoms with E-state index in [4.69, 9.17) is 55.9 Å². The van der Waals surface area contributed by atoms with Crippen molar-refractivity contribution in [2.75, 3.05) is 10.6 Å². The minimum atomic E-state index is -0.667. The van der Waals surface area contributed by atoms with Crippen molar-refractivity contribution < 1.29 is 38.9 Å². The van der Waals surface area contributed by atoms with Crippen LogP contribution in [0.5, 0.6) is 23.0 Å². The van der Waals surface area contributed by atoms with Gasteiger partial charge >= 0.3 is 11.9 Å². The number of azo groups is 2. The van der Waals surface area contributed by atoms with Gasteiger partial charge in [0.25, 0.3) is 11.8 Å². The predicted molar refractivity (Wildman–Crippen MR) is 296 cm³/mol. The first-order chi connectivity index (χ1) is 36.7. The molecule has 4 N–H and O–H groups in total. The monoisotopic (exact) mass is 1090 g/mol. The Labute approximate surface area is 454 Å². The van der Waals surface area contributed by atoms with Crippen LogP contribution in [0.4, 0.5) is 34.1 Å². The standard InChI is InChI=1S/C58H40Cl4N6O8/c1-3-31-13-15-37(27-43(31)57(73)75-39-21-23-47(59)49(61)29-39)65-67-51-41-11-7-5-9-33(41)25-45(53(51)69)55(71)63-35-17-19-36(20-18-35)64-56(72)46-26-34-10-6-8-12-42(34)52(54(46)70)68-66-38-16-14-32(4-2)44(28-38)58(74)76-40-22-24-48(60)50(62)30-40/h5-30,69-70H,3-4H2,1-2H3,(H,63,71)(H,64,72). The van der Waals surface area contributed by atoms with Crippen LogP contribution >= 0.6 is 46.4 Å². The van der Waals surface area contributed by atoms with Crippen LogP contribution in [0.15, 0.2) is 178 Å². The molecule has 0 heterocycles. The molecule has 0 bridgehead atoms. The van der Waals surface area contributed by atoms with Crippen LogP contribution in [0, 0.1) is 0 Å². The van der Waals surface area contributed by atoms with Crippen LogP contribution < -0.4 is 20.1 Å². The molecule has 0 fully saturated rings. The first kappa shape index (κ1) is 52.2. The molecular formula is C58H40Cl4N6O8. The highest BCUT2D eigenvalue weighted by atomic mass is 35.5. The zero-order chi connectivity index (χ0) is 53.6. The van der Waals surface area contributed by atoms with Gasteiger partial charge in [0, 0.05) is 34.3 Å². The number of hydrogen-bond donors (Lipinski definition) is 4. The average molecular weight is 1090 g/mol. The predicted octanol–water partition coefficient (Wildman–Crippen LogP) is 16.9. The Bertz CT molecular complexity index is 3620. The van der Waals surface area contributed by atoms with Gasteiger partial charge in [0.15, 0.2) is 11.5 Å². The fraction of sp³-hybridized carbons (Fsp3) is 0.0690. The van der Waals surface area contributed by atoms with Crippen molar-refractivity contribution >= 4 is 126 Å². The van der Waals surface area contributed by atoms with Crippen molar-refractivity contribution in [2.24, 2.45) is 20.5 Å². The zero-order valence-corrected chi connectivity index (χ0v) is 43.1. The molecule has 0 aliphatic carbocycles. The molecule has 0 spiro atoms. The number of carbonyl (C=O) groups excluding carboxylic acids is 4. The van der Waals surface area contributed by atoms with Crippen LogP contribution in [0.25, 0.3) is 21.5 Å². The van der Waals surface area contributed by atoms with E-state index in [9.17, 15) is 29.4 Å². The highest BCUT2D eigenvalue weighted by molar-refractivity contribution is 6.42. The number of phenolic OH excluding ortho intramolecular Hbond substituents is 2. The minimum absolute atomic E-state index is 0.0151. The minimum Gasteiger partial charge on any atom is -0.505 e. The molecule has 0 unspecified atom stereocenters. The number of carbonyl (C=O) groups is 4. The number of nitrogens with one attached hydrogen (secondary N) is 2. The molecule has 0 atom stereocenters. The van der Waals surface area contributed by atoms with Gasteiger partial charge in [-0.3, -0.25) is 9.59 Å². The molecule has 0 radical (unpaired) electrons. The molecule has 9 aromatic rings. The second kappa shape index (κ2) is 22.8. The van der Waals surface area contributed by atoms with Crippen LogP contribution in [-0.4, -0.2) is 34.0 Å². The van der Waals surface area contributed by atoms with Gasteiger partial charge in [-0.2, -0.15) is 10.2 Å². The third-order valence-electron chi connectivity index (χ3n) is 12.0. The molecule has 9 rings (SSSR count). The van der Waals surface area contributed by atoms with Crippen LogP contribution in [0.3, 0.4) is 0 Å². The third kappa shape index (κ3) is 11.5. The Morgan fingerprint density at radius 2 is 0.842 bits per heavy atom. The number of esters is 2. The average Bonchev–Trinajstić information content (AvgIpc) is 3.45. The number of ether oxygens (including phenoxy) is 2. The fourth-order valence-corrected chi connectivity index (χ4v) is 8.66. The number of benzene rings is 9. The molecule has 0 aliphatic heterocycles. The zero-order valence-electron chi connectivity index (χ0n) is 40.1. The van der Waals surface area contributed by atoms with Crippen LogP contribution in [0.1, 0.15) is 66.4 Å². The lowest BCUT2D eigenvalue weighted by Crippen LogP contribution is -2.13. The molecule has 18 heteroatoms. The van der Waals surface area contributed by atoms with E-state index in [-0.39, 0.29) is 66.5 Å². The summed E-state index contributed by atoms with van der Waals surface area (Å²) in [5.74, 6) is -3.11. The highest BCUT2D eigenvalue weighted by Gasteiger charge is 2.22. The number of aryl methyl sites for hydroxylation is 2. The summed E-state index contributed by atoms with van der Waals surface area (Å²) in [6.45, 7) is 3.78. The first-order valence-electron chi connectivity index (χ1n) is 23.3. The number of fused-ring (bicyclic) bond motifs is 2. The van der Waals surface area contributed by atoms with E-state index < -0.39 is 35.3 Å². The van der Waals surface area contributed by atoms with Crippen molar-refractivity contribution in [3.05, 3.63) is 211 Å². The Hall–Kier alpha value is -8.66. The van der Waals surface area contributed by atoms with E-state index in [1.54, 1.807) is 97.1 Å². The SMILES string of the molecule is CCc1ccc(N=Nc2c(O)c(C(=O)Nc3ccc(NC(=O)c4cc5ccccc5c(N=Nc5ccc(CC)c(C(=O)Oc6ccc(Cl)c(Cl)c6)c5)c4O)cc3)cc3ccccc23)cc1C(=O)Oc1ccc(Cl)c(Cl)c1. The van der Waals surface area contributed by atoms with E-state index in [1.807, 2.05) is 13.8 Å². The molecule has 0 aromatic heterocycles. The van der Waals surface area contributed by atoms with Crippen LogP contribution in [0.2, 0.25) is 20.1 Å². The molecule has 2 amide bonds. The van der Waals surface area contributed by atoms with Crippen LogP contribution in [-0.2, 0) is 12.8 Å². The summed E-state index contributed by atoms with van der Waals surface area (Å²) in [7, 11) is 0. The number of anilines is 2. The van der Waals surface area contributed by atoms with E-state index in [0.29, 0.717) is 66.9 Å². The van der Waals surface area contributed by atoms with Gasteiger partial charge < -0.3 is 30.3 Å². The van der Waals surface area contributed by atoms with Crippen molar-refractivity contribution in [1.29, 1.82) is 0 Å². The topological polar surface area (TPSA) is 201 Å². The van der Waals surface area contributed by atoms with Crippen molar-refractivity contribution in [3.8, 4) is 23.0 Å². The quantitative estimate of drug-likeness (QED) is 0.0468. The van der Waals surface area contributed by atoms with Gasteiger partial charge in [-0.1, -0.05) is 121 Å². The van der Waals surface area contributed by atoms with E-state index in [0.717, 1.165) is 0 Å². The van der Waals surface area contributed by atoms with Gasteiger partial charge in [-0.15, -0.1) is 10.2 Å². The third-order valence-corrected chi connectivity index (χ3v) is 13.5. The summed E-state index contributed by atoms with van der Waals surface area (Å²) in [5.41, 5.74) is 2.91. The maximum atomic E-state index is 13.9. The number of hydrogen-bond acceptors (Lipinski definition) is 12. The highest BCUT2D eigenvalue weighted by Crippen LogP contribution is 2.42. The largest absolute Gasteiger partial charge is 0.505 e. The Morgan fingerprint density at radius 3 is 1.22 bits per heavy atom. The molecule has 378 valence electrons. The number of rotatable bonds is 14. The summed E-state index contributed by atoms with van der Waals surface area (Å²) in [6.07, 6.45) is 1.03. The maximum Gasteiger partial charge on any atom is 0.343 e. The summed E-state index contributed by atoms with van der Waals surface area (Å²) < 4.78 is 11.2. The molecule has 0 saturated heterocycles. The van der Waals surface area contributed by atoms with Gasteiger partial charge in [0.2, 0.25) is 0 Å². The summed E-state index contributed by atoms with van der Waals surface area (Å²) in [5, 5.41) is 49.5. The lowest BCUT2D eigenvalue weighted by atomic mass is 10.0. The Morgan fingerprint density at radius 1 is 0.447 bits per heavy atom. The normalized spacial score (nSPS) is 11.3. The number of halogens is 4.